The van der Waals surface area contributed by atoms with Crippen LogP contribution in [0.3, 0.4) is 0 Å². The van der Waals surface area contributed by atoms with Crippen molar-refractivity contribution in [2.24, 2.45) is 0 Å². The van der Waals surface area contributed by atoms with Gasteiger partial charge in [-0.3, -0.25) is 4.68 Å². The zero-order valence-electron chi connectivity index (χ0n) is 10.0. The van der Waals surface area contributed by atoms with E-state index in [1.807, 2.05) is 35.1 Å². The van der Waals surface area contributed by atoms with E-state index in [4.69, 9.17) is 0 Å². The molecule has 0 unspecified atom stereocenters. The monoisotopic (exact) mass is 239 g/mol. The second-order valence-electron chi connectivity index (χ2n) is 3.99. The molecule has 0 fully saturated rings. The summed E-state index contributed by atoms with van der Waals surface area (Å²) < 4.78 is 1.86. The summed E-state index contributed by atoms with van der Waals surface area (Å²) in [5, 5.41) is 17.7. The van der Waals surface area contributed by atoms with Gasteiger partial charge in [0, 0.05) is 23.5 Å². The normalized spacial score (nSPS) is 10.7. The van der Waals surface area contributed by atoms with Crippen molar-refractivity contribution in [1.82, 2.24) is 20.0 Å². The first-order chi connectivity index (χ1) is 8.86. The molecule has 0 spiro atoms. The molecule has 90 valence electrons. The zero-order valence-corrected chi connectivity index (χ0v) is 10.0. The SMILES string of the molecule is CCn1cc(Nc2nncc3ccccc23)cn1. The molecule has 1 aromatic carbocycles. The van der Waals surface area contributed by atoms with Crippen molar-refractivity contribution in [1.29, 1.82) is 0 Å². The lowest BCUT2D eigenvalue weighted by atomic mass is 10.2. The molecule has 3 rings (SSSR count). The first kappa shape index (κ1) is 10.7. The molecule has 0 aliphatic carbocycles. The van der Waals surface area contributed by atoms with Crippen molar-refractivity contribution in [3.63, 3.8) is 0 Å². The molecule has 5 nitrogen and oxygen atoms in total. The fraction of sp³-hybridized carbons (Fsp3) is 0.154. The maximum Gasteiger partial charge on any atom is 0.161 e. The Bertz CT molecular complexity index is 668. The summed E-state index contributed by atoms with van der Waals surface area (Å²) >= 11 is 0. The van der Waals surface area contributed by atoms with Crippen LogP contribution in [0.2, 0.25) is 0 Å². The Hall–Kier alpha value is -2.43. The maximum atomic E-state index is 4.22. The lowest BCUT2D eigenvalue weighted by molar-refractivity contribution is 0.660. The van der Waals surface area contributed by atoms with Crippen LogP contribution < -0.4 is 5.32 Å². The molecular weight excluding hydrogens is 226 g/mol. The third-order valence-corrected chi connectivity index (χ3v) is 2.79. The number of anilines is 2. The van der Waals surface area contributed by atoms with E-state index in [0.717, 1.165) is 28.8 Å². The Morgan fingerprint density at radius 1 is 1.22 bits per heavy atom. The molecule has 0 aliphatic rings. The van der Waals surface area contributed by atoms with E-state index in [0.29, 0.717) is 0 Å². The van der Waals surface area contributed by atoms with E-state index in [1.165, 1.54) is 0 Å². The lowest BCUT2D eigenvalue weighted by Gasteiger charge is -2.05. The van der Waals surface area contributed by atoms with Crippen LogP contribution in [-0.2, 0) is 6.54 Å². The number of nitrogens with zero attached hydrogens (tertiary/aromatic N) is 4. The summed E-state index contributed by atoms with van der Waals surface area (Å²) in [5.41, 5.74) is 0.919. The van der Waals surface area contributed by atoms with E-state index >= 15 is 0 Å². The van der Waals surface area contributed by atoms with Gasteiger partial charge in [-0.15, -0.1) is 5.10 Å². The molecule has 1 N–H and O–H groups in total. The topological polar surface area (TPSA) is 55.6 Å². The Labute approximate surface area is 104 Å². The maximum absolute atomic E-state index is 4.22. The molecule has 0 aliphatic heterocycles. The molecule has 3 aromatic rings. The Morgan fingerprint density at radius 2 is 2.11 bits per heavy atom. The number of nitrogens with one attached hydrogen (secondary N) is 1. The molecular formula is C13H13N5. The average Bonchev–Trinajstić information content (AvgIpc) is 2.87. The lowest BCUT2D eigenvalue weighted by Crippen LogP contribution is -1.96. The molecule has 0 radical (unpaired) electrons. The highest BCUT2D eigenvalue weighted by molar-refractivity contribution is 5.92. The van der Waals surface area contributed by atoms with Gasteiger partial charge in [0.05, 0.1) is 18.1 Å². The van der Waals surface area contributed by atoms with E-state index in [1.54, 1.807) is 12.4 Å². The Morgan fingerprint density at radius 3 is 2.94 bits per heavy atom. The highest BCUT2D eigenvalue weighted by Gasteiger charge is 2.04. The fourth-order valence-corrected chi connectivity index (χ4v) is 1.86. The zero-order chi connectivity index (χ0) is 12.4. The number of hydrogen-bond acceptors (Lipinski definition) is 4. The molecule has 0 amide bonds. The molecule has 18 heavy (non-hydrogen) atoms. The molecule has 2 heterocycles. The van der Waals surface area contributed by atoms with Gasteiger partial charge in [0.15, 0.2) is 5.82 Å². The van der Waals surface area contributed by atoms with E-state index in [-0.39, 0.29) is 0 Å². The first-order valence-electron chi connectivity index (χ1n) is 5.86. The fourth-order valence-electron chi connectivity index (χ4n) is 1.86. The predicted molar refractivity (Wildman–Crippen MR) is 70.7 cm³/mol. The van der Waals surface area contributed by atoms with Gasteiger partial charge in [0.25, 0.3) is 0 Å². The molecule has 2 aromatic heterocycles. The van der Waals surface area contributed by atoms with Crippen molar-refractivity contribution in [2.75, 3.05) is 5.32 Å². The Balaban J connectivity index is 1.99. The molecule has 0 bridgehead atoms. The quantitative estimate of drug-likeness (QED) is 0.763. The number of fused-ring (bicyclic) bond motifs is 1. The third-order valence-electron chi connectivity index (χ3n) is 2.79. The molecule has 0 atom stereocenters. The summed E-state index contributed by atoms with van der Waals surface area (Å²) in [6, 6.07) is 8.02. The van der Waals surface area contributed by atoms with Gasteiger partial charge in [0.2, 0.25) is 0 Å². The summed E-state index contributed by atoms with van der Waals surface area (Å²) in [6.07, 6.45) is 5.49. The van der Waals surface area contributed by atoms with Gasteiger partial charge in [-0.25, -0.2) is 0 Å². The van der Waals surface area contributed by atoms with Gasteiger partial charge in [-0.05, 0) is 6.92 Å². The standard InChI is InChI=1S/C13H13N5/c1-2-18-9-11(8-15-18)16-13-12-6-4-3-5-10(12)7-14-17-13/h3-9H,2H2,1H3,(H,16,17). The second-order valence-corrected chi connectivity index (χ2v) is 3.99. The van der Waals surface area contributed by atoms with Crippen LogP contribution in [-0.4, -0.2) is 20.0 Å². The van der Waals surface area contributed by atoms with Gasteiger partial charge in [-0.2, -0.15) is 10.2 Å². The van der Waals surface area contributed by atoms with Crippen LogP contribution in [0.4, 0.5) is 11.5 Å². The van der Waals surface area contributed by atoms with Crippen molar-refractivity contribution < 1.29 is 0 Å². The first-order valence-corrected chi connectivity index (χ1v) is 5.86. The Kier molecular flexibility index (Phi) is 2.64. The molecule has 0 saturated carbocycles. The molecule has 5 heteroatoms. The van der Waals surface area contributed by atoms with Crippen LogP contribution in [0.15, 0.2) is 42.9 Å². The average molecular weight is 239 g/mol. The molecule has 0 saturated heterocycles. The summed E-state index contributed by atoms with van der Waals surface area (Å²) in [6.45, 7) is 2.90. The summed E-state index contributed by atoms with van der Waals surface area (Å²) in [7, 11) is 0. The number of rotatable bonds is 3. The van der Waals surface area contributed by atoms with Crippen LogP contribution >= 0.6 is 0 Å². The number of aryl methyl sites for hydroxylation is 1. The van der Waals surface area contributed by atoms with Crippen molar-refractivity contribution in [3.8, 4) is 0 Å². The van der Waals surface area contributed by atoms with E-state index in [9.17, 15) is 0 Å². The van der Waals surface area contributed by atoms with Gasteiger partial charge in [-0.1, -0.05) is 24.3 Å². The van der Waals surface area contributed by atoms with Crippen molar-refractivity contribution >= 4 is 22.3 Å². The minimum absolute atomic E-state index is 0.753. The van der Waals surface area contributed by atoms with Gasteiger partial charge in [0.1, 0.15) is 0 Å². The smallest absolute Gasteiger partial charge is 0.161 e. The van der Waals surface area contributed by atoms with Crippen LogP contribution in [0.5, 0.6) is 0 Å². The summed E-state index contributed by atoms with van der Waals surface area (Å²) in [4.78, 5) is 0. The van der Waals surface area contributed by atoms with Crippen LogP contribution in [0.1, 0.15) is 6.92 Å². The van der Waals surface area contributed by atoms with Gasteiger partial charge >= 0.3 is 0 Å². The van der Waals surface area contributed by atoms with Crippen molar-refractivity contribution in [2.45, 2.75) is 13.5 Å². The minimum Gasteiger partial charge on any atom is -0.336 e. The highest BCUT2D eigenvalue weighted by Crippen LogP contribution is 2.22. The van der Waals surface area contributed by atoms with Crippen LogP contribution in [0.25, 0.3) is 10.8 Å². The minimum atomic E-state index is 0.753. The van der Waals surface area contributed by atoms with Crippen molar-refractivity contribution in [3.05, 3.63) is 42.9 Å². The van der Waals surface area contributed by atoms with Gasteiger partial charge < -0.3 is 5.32 Å². The largest absolute Gasteiger partial charge is 0.336 e. The van der Waals surface area contributed by atoms with E-state index in [2.05, 4.69) is 27.5 Å². The third kappa shape index (κ3) is 1.90. The number of benzene rings is 1. The summed E-state index contributed by atoms with van der Waals surface area (Å²) in [5.74, 6) is 0.753. The highest BCUT2D eigenvalue weighted by atomic mass is 15.3. The van der Waals surface area contributed by atoms with Crippen LogP contribution in [0, 0.1) is 0 Å². The number of hydrogen-bond donors (Lipinski definition) is 1. The second kappa shape index (κ2) is 4.44. The predicted octanol–water partition coefficient (Wildman–Crippen LogP) is 2.59. The van der Waals surface area contributed by atoms with E-state index < -0.39 is 0 Å². The number of aromatic nitrogens is 4.